The zero-order valence-electron chi connectivity index (χ0n) is 10.0. The number of benzene rings is 1. The fraction of sp³-hybridized carbons (Fsp3) is 0. The first kappa shape index (κ1) is 13.0. The number of hydrogen-bond acceptors (Lipinski definition) is 3. The largest absolute Gasteiger partial charge is 0.299 e. The molecule has 20 heavy (non-hydrogen) atoms. The van der Waals surface area contributed by atoms with Crippen LogP contribution in [0.5, 0.6) is 0 Å². The van der Waals surface area contributed by atoms with E-state index in [1.54, 1.807) is 23.0 Å². The van der Waals surface area contributed by atoms with E-state index < -0.39 is 11.3 Å². The van der Waals surface area contributed by atoms with Crippen molar-refractivity contribution in [2.24, 2.45) is 0 Å². The summed E-state index contributed by atoms with van der Waals surface area (Å²) in [6.07, 6.45) is 3.24. The lowest BCUT2D eigenvalue weighted by molar-refractivity contribution is 0.570. The monoisotopic (exact) mass is 308 g/mol. The molecule has 3 aromatic rings. The third kappa shape index (κ3) is 2.38. The Balaban J connectivity index is 2.23. The molecule has 1 unspecified atom stereocenters. The highest BCUT2D eigenvalue weighted by Gasteiger charge is 2.11. The van der Waals surface area contributed by atoms with Crippen molar-refractivity contribution in [3.05, 3.63) is 48.0 Å². The quantitative estimate of drug-likeness (QED) is 0.576. The molecule has 2 aromatic heterocycles. The van der Waals surface area contributed by atoms with Crippen molar-refractivity contribution in [3.8, 4) is 5.82 Å². The van der Waals surface area contributed by atoms with Crippen LogP contribution in [-0.4, -0.2) is 23.3 Å². The van der Waals surface area contributed by atoms with Crippen LogP contribution in [0.2, 0.25) is 5.28 Å². The summed E-state index contributed by atoms with van der Waals surface area (Å²) in [5.41, 5.74) is 1.38. The van der Waals surface area contributed by atoms with Crippen LogP contribution in [0.25, 0.3) is 16.7 Å². The molecule has 1 aromatic carbocycles. The Morgan fingerprint density at radius 1 is 1.30 bits per heavy atom. The minimum absolute atomic E-state index is 0.139. The van der Waals surface area contributed by atoms with Crippen molar-refractivity contribution >= 4 is 39.5 Å². The van der Waals surface area contributed by atoms with E-state index in [0.29, 0.717) is 11.5 Å². The fourth-order valence-corrected chi connectivity index (χ4v) is 2.50. The number of nitrogens with one attached hydrogen (secondary N) is 1. The molecular weight excluding hydrogens is 300 g/mol. The molecular formula is C12H9ClN4O2S. The highest BCUT2D eigenvalue weighted by Crippen LogP contribution is 2.28. The van der Waals surface area contributed by atoms with Crippen LogP contribution in [0.4, 0.5) is 5.69 Å². The van der Waals surface area contributed by atoms with Gasteiger partial charge in [0.05, 0.1) is 11.2 Å². The molecule has 0 aliphatic rings. The van der Waals surface area contributed by atoms with Crippen molar-refractivity contribution in [2.75, 3.05) is 4.72 Å². The Labute approximate surface area is 121 Å². The summed E-state index contributed by atoms with van der Waals surface area (Å²) in [6, 6.07) is 9.17. The number of hydrogen-bond donors (Lipinski definition) is 2. The predicted molar refractivity (Wildman–Crippen MR) is 78.3 cm³/mol. The normalized spacial score (nSPS) is 12.5. The fourth-order valence-electron chi connectivity index (χ4n) is 2.00. The molecule has 0 spiro atoms. The van der Waals surface area contributed by atoms with Gasteiger partial charge >= 0.3 is 0 Å². The van der Waals surface area contributed by atoms with E-state index in [2.05, 4.69) is 14.7 Å². The molecule has 3 rings (SSSR count). The van der Waals surface area contributed by atoms with E-state index in [9.17, 15) is 4.21 Å². The molecule has 0 amide bonds. The molecule has 1 atom stereocenters. The molecule has 0 fully saturated rings. The molecule has 0 aliphatic heterocycles. The standard InChI is InChI=1S/C12H9ClN4O2S/c13-12-14-6-5-11(15-12)17-7-9(16-20(18)19)8-3-1-2-4-10(8)17/h1-7,16H,(H,18,19). The number of anilines is 1. The Bertz CT molecular complexity index is 805. The van der Waals surface area contributed by atoms with Crippen LogP contribution in [0.3, 0.4) is 0 Å². The summed E-state index contributed by atoms with van der Waals surface area (Å²) in [6.45, 7) is 0. The zero-order chi connectivity index (χ0) is 14.1. The topological polar surface area (TPSA) is 80.0 Å². The van der Waals surface area contributed by atoms with Crippen LogP contribution in [0.1, 0.15) is 0 Å². The first-order valence-corrected chi connectivity index (χ1v) is 7.10. The second kappa shape index (κ2) is 5.20. The van der Waals surface area contributed by atoms with Gasteiger partial charge in [0.2, 0.25) is 5.28 Å². The van der Waals surface area contributed by atoms with Gasteiger partial charge in [0.1, 0.15) is 5.82 Å². The second-order valence-corrected chi connectivity index (χ2v) is 5.01. The van der Waals surface area contributed by atoms with E-state index in [0.717, 1.165) is 10.9 Å². The highest BCUT2D eigenvalue weighted by atomic mass is 35.5. The van der Waals surface area contributed by atoms with Crippen molar-refractivity contribution in [1.82, 2.24) is 14.5 Å². The minimum Gasteiger partial charge on any atom is -0.299 e. The minimum atomic E-state index is -2.14. The van der Waals surface area contributed by atoms with Gasteiger partial charge in [-0.2, -0.15) is 4.98 Å². The number of aromatic nitrogens is 3. The van der Waals surface area contributed by atoms with Crippen LogP contribution in [0.15, 0.2) is 42.7 Å². The molecule has 2 heterocycles. The molecule has 102 valence electrons. The van der Waals surface area contributed by atoms with Gasteiger partial charge in [-0.15, -0.1) is 0 Å². The van der Waals surface area contributed by atoms with Crippen LogP contribution < -0.4 is 4.72 Å². The SMILES string of the molecule is O=S(O)Nc1cn(-c2ccnc(Cl)n2)c2ccccc12. The molecule has 2 N–H and O–H groups in total. The van der Waals surface area contributed by atoms with Crippen molar-refractivity contribution in [3.63, 3.8) is 0 Å². The van der Waals surface area contributed by atoms with Gasteiger partial charge in [0.15, 0.2) is 0 Å². The van der Waals surface area contributed by atoms with E-state index in [-0.39, 0.29) is 5.28 Å². The number of rotatable bonds is 3. The molecule has 0 aliphatic carbocycles. The van der Waals surface area contributed by atoms with Gasteiger partial charge in [-0.05, 0) is 23.7 Å². The average Bonchev–Trinajstić information content (AvgIpc) is 2.77. The lowest BCUT2D eigenvalue weighted by Gasteiger charge is -2.03. The number of nitrogens with zero attached hydrogens (tertiary/aromatic N) is 3. The number of fused-ring (bicyclic) bond motifs is 1. The average molecular weight is 309 g/mol. The van der Waals surface area contributed by atoms with Crippen molar-refractivity contribution < 1.29 is 8.76 Å². The van der Waals surface area contributed by atoms with Gasteiger partial charge in [-0.1, -0.05) is 18.2 Å². The summed E-state index contributed by atoms with van der Waals surface area (Å²) < 4.78 is 24.2. The maximum atomic E-state index is 11.0. The number of halogens is 1. The van der Waals surface area contributed by atoms with E-state index in [4.69, 9.17) is 16.2 Å². The lowest BCUT2D eigenvalue weighted by Crippen LogP contribution is -2.01. The third-order valence-electron chi connectivity index (χ3n) is 2.77. The van der Waals surface area contributed by atoms with Gasteiger partial charge in [-0.25, -0.2) is 9.19 Å². The Morgan fingerprint density at radius 3 is 2.85 bits per heavy atom. The Hall–Kier alpha value is -1.96. The number of para-hydroxylation sites is 1. The summed E-state index contributed by atoms with van der Waals surface area (Å²) in [4.78, 5) is 7.97. The van der Waals surface area contributed by atoms with Crippen LogP contribution in [-0.2, 0) is 11.3 Å². The highest BCUT2D eigenvalue weighted by molar-refractivity contribution is 7.80. The Morgan fingerprint density at radius 2 is 2.10 bits per heavy atom. The summed E-state index contributed by atoms with van der Waals surface area (Å²) in [5.74, 6) is 0.581. The molecule has 8 heteroatoms. The predicted octanol–water partition coefficient (Wildman–Crippen LogP) is 2.62. The maximum Gasteiger partial charge on any atom is 0.259 e. The maximum absolute atomic E-state index is 11.0. The van der Waals surface area contributed by atoms with Crippen LogP contribution >= 0.6 is 11.6 Å². The summed E-state index contributed by atoms with van der Waals surface area (Å²) in [5, 5.41) is 0.949. The van der Waals surface area contributed by atoms with Crippen molar-refractivity contribution in [2.45, 2.75) is 0 Å². The van der Waals surface area contributed by atoms with E-state index in [1.165, 1.54) is 0 Å². The van der Waals surface area contributed by atoms with Gasteiger partial charge < -0.3 is 0 Å². The third-order valence-corrected chi connectivity index (χ3v) is 3.34. The van der Waals surface area contributed by atoms with Crippen LogP contribution in [0, 0.1) is 0 Å². The molecule has 0 saturated heterocycles. The van der Waals surface area contributed by atoms with E-state index in [1.807, 2.05) is 24.3 Å². The molecule has 0 radical (unpaired) electrons. The molecule has 0 saturated carbocycles. The van der Waals surface area contributed by atoms with Crippen molar-refractivity contribution in [1.29, 1.82) is 0 Å². The summed E-state index contributed by atoms with van der Waals surface area (Å²) in [7, 11) is 0. The Kier molecular flexibility index (Phi) is 3.39. The van der Waals surface area contributed by atoms with Gasteiger partial charge in [0.25, 0.3) is 11.3 Å². The molecule has 0 bridgehead atoms. The molecule has 6 nitrogen and oxygen atoms in total. The second-order valence-electron chi connectivity index (χ2n) is 3.97. The summed E-state index contributed by atoms with van der Waals surface area (Å²) >= 11 is 3.66. The first-order chi connectivity index (χ1) is 9.65. The van der Waals surface area contributed by atoms with E-state index >= 15 is 0 Å². The smallest absolute Gasteiger partial charge is 0.259 e. The lowest BCUT2D eigenvalue weighted by atomic mass is 10.2. The first-order valence-electron chi connectivity index (χ1n) is 5.61. The van der Waals surface area contributed by atoms with Gasteiger partial charge in [-0.3, -0.25) is 13.8 Å². The zero-order valence-corrected chi connectivity index (χ0v) is 11.6. The van der Waals surface area contributed by atoms with Gasteiger partial charge in [0, 0.05) is 17.8 Å².